The van der Waals surface area contributed by atoms with Crippen molar-refractivity contribution in [2.45, 2.75) is 6.54 Å². The van der Waals surface area contributed by atoms with Crippen molar-refractivity contribution < 1.29 is 42.2 Å². The number of carboxylic acid groups (broad SMARTS) is 2. The summed E-state index contributed by atoms with van der Waals surface area (Å²) >= 11 is 3.18. The van der Waals surface area contributed by atoms with E-state index < -0.39 is 22.0 Å². The number of aromatic nitrogens is 1. The fraction of sp³-hybridized carbons (Fsp3) is 0.368. The van der Waals surface area contributed by atoms with Crippen molar-refractivity contribution >= 4 is 43.8 Å². The van der Waals surface area contributed by atoms with Crippen LogP contribution in [-0.2, 0) is 30.9 Å². The summed E-state index contributed by atoms with van der Waals surface area (Å²) in [6.07, 6.45) is 3.26. The third-order valence-corrected chi connectivity index (χ3v) is 6.64. The number of pyridine rings is 1. The Morgan fingerprint density at radius 2 is 1.67 bits per heavy atom. The third-order valence-electron chi connectivity index (χ3n) is 4.36. The Hall–Kier alpha value is -2.81. The summed E-state index contributed by atoms with van der Waals surface area (Å²) in [5, 5.41) is 14.8. The first-order valence-electron chi connectivity index (χ1n) is 9.55. The zero-order valence-corrected chi connectivity index (χ0v) is 19.7. The Morgan fingerprint density at radius 1 is 1.06 bits per heavy atom. The molecule has 0 atom stereocenters. The molecule has 180 valence electrons. The highest BCUT2D eigenvalue weighted by Gasteiger charge is 2.27. The molecule has 0 unspecified atom stereocenters. The Kier molecular flexibility index (Phi) is 9.96. The number of carbonyl (C=O) groups excluding carboxylic acids is 1. The van der Waals surface area contributed by atoms with Crippen LogP contribution in [0, 0.1) is 0 Å². The molecule has 0 aromatic carbocycles. The normalized spacial score (nSPS) is 14.1. The molecule has 14 heteroatoms. The van der Waals surface area contributed by atoms with Crippen LogP contribution in [0.3, 0.4) is 0 Å². The number of morpholine rings is 1. The van der Waals surface area contributed by atoms with Crippen LogP contribution in [0.4, 0.5) is 0 Å². The van der Waals surface area contributed by atoms with Gasteiger partial charge >= 0.3 is 11.9 Å². The summed E-state index contributed by atoms with van der Waals surface area (Å²) in [6, 6.07) is 6.76. The lowest BCUT2D eigenvalue weighted by atomic mass is 10.2. The van der Waals surface area contributed by atoms with Crippen LogP contribution in [0.2, 0.25) is 0 Å². The Morgan fingerprint density at radius 3 is 2.18 bits per heavy atom. The fourth-order valence-corrected chi connectivity index (χ4v) is 4.45. The van der Waals surface area contributed by atoms with E-state index in [-0.39, 0.29) is 30.5 Å². The van der Waals surface area contributed by atoms with Crippen molar-refractivity contribution in [1.82, 2.24) is 14.2 Å². The predicted octanol–water partition coefficient (Wildman–Crippen LogP) is 0.897. The van der Waals surface area contributed by atoms with Gasteiger partial charge < -0.3 is 24.3 Å². The second-order valence-corrected chi connectivity index (χ2v) is 9.49. The van der Waals surface area contributed by atoms with Gasteiger partial charge in [0.25, 0.3) is 5.91 Å². The van der Waals surface area contributed by atoms with Crippen LogP contribution >= 0.6 is 15.9 Å². The van der Waals surface area contributed by atoms with Crippen LogP contribution in [0.1, 0.15) is 16.1 Å². The quantitative estimate of drug-likeness (QED) is 0.475. The van der Waals surface area contributed by atoms with Crippen molar-refractivity contribution in [1.29, 1.82) is 0 Å². The van der Waals surface area contributed by atoms with E-state index in [9.17, 15) is 13.2 Å². The van der Waals surface area contributed by atoms with Crippen LogP contribution in [0.5, 0.6) is 0 Å². The number of aliphatic carboxylic acids is 2. The first-order valence-corrected chi connectivity index (χ1v) is 12.0. The lowest BCUT2D eigenvalue weighted by molar-refractivity contribution is -0.159. The molecule has 3 heterocycles. The van der Waals surface area contributed by atoms with Gasteiger partial charge in [-0.3, -0.25) is 9.78 Å². The molecule has 1 saturated heterocycles. The number of hydrogen-bond acceptors (Lipinski definition) is 8. The summed E-state index contributed by atoms with van der Waals surface area (Å²) in [7, 11) is -3.47. The van der Waals surface area contributed by atoms with Gasteiger partial charge in [0.2, 0.25) is 10.0 Å². The lowest BCUT2D eigenvalue weighted by Gasteiger charge is -2.28. The van der Waals surface area contributed by atoms with Gasteiger partial charge in [-0.2, -0.15) is 4.31 Å². The van der Waals surface area contributed by atoms with Crippen LogP contribution in [-0.4, -0.2) is 89.3 Å². The van der Waals surface area contributed by atoms with Gasteiger partial charge in [0.1, 0.15) is 0 Å². The zero-order valence-electron chi connectivity index (χ0n) is 17.3. The molecule has 1 aliphatic heterocycles. The zero-order chi connectivity index (χ0) is 24.4. The number of amides is 1. The monoisotopic (exact) mass is 547 g/mol. The molecule has 33 heavy (non-hydrogen) atoms. The van der Waals surface area contributed by atoms with E-state index in [1.165, 1.54) is 9.21 Å². The van der Waals surface area contributed by atoms with E-state index in [1.807, 2.05) is 0 Å². The minimum Gasteiger partial charge on any atom is -0.473 e. The number of rotatable bonds is 7. The third kappa shape index (κ3) is 8.57. The fourth-order valence-electron chi connectivity index (χ4n) is 2.73. The molecule has 2 N–H and O–H groups in total. The topological polar surface area (TPSA) is 168 Å². The van der Waals surface area contributed by atoms with Gasteiger partial charge in [-0.05, 0) is 45.8 Å². The molecule has 12 nitrogen and oxygen atoms in total. The Labute approximate surface area is 197 Å². The molecule has 1 fully saturated rings. The number of carbonyl (C=O) groups is 3. The summed E-state index contributed by atoms with van der Waals surface area (Å²) in [5.74, 6) is -4.02. The van der Waals surface area contributed by atoms with Crippen LogP contribution in [0.25, 0.3) is 0 Å². The first kappa shape index (κ1) is 26.4. The highest BCUT2D eigenvalue weighted by Crippen LogP contribution is 2.17. The molecule has 0 aliphatic carbocycles. The molecule has 0 spiro atoms. The van der Waals surface area contributed by atoms with Gasteiger partial charge in [0.15, 0.2) is 10.4 Å². The van der Waals surface area contributed by atoms with Crippen molar-refractivity contribution in [3.8, 4) is 0 Å². The molecule has 2 aromatic heterocycles. The van der Waals surface area contributed by atoms with Crippen LogP contribution in [0.15, 0.2) is 45.7 Å². The second-order valence-electron chi connectivity index (χ2n) is 6.62. The van der Waals surface area contributed by atoms with E-state index in [4.69, 9.17) is 29.0 Å². The van der Waals surface area contributed by atoms with Crippen molar-refractivity contribution in [3.63, 3.8) is 0 Å². The Bertz CT molecular complexity index is 1040. The molecule has 1 aliphatic rings. The number of nitrogens with zero attached hydrogens (tertiary/aromatic N) is 3. The van der Waals surface area contributed by atoms with Gasteiger partial charge in [-0.25, -0.2) is 18.0 Å². The van der Waals surface area contributed by atoms with Gasteiger partial charge in [0.05, 0.1) is 19.0 Å². The second kappa shape index (κ2) is 12.4. The largest absolute Gasteiger partial charge is 0.473 e. The number of ether oxygens (including phenoxy) is 1. The van der Waals surface area contributed by atoms with Crippen molar-refractivity contribution in [3.05, 3.63) is 52.7 Å². The molecule has 0 radical (unpaired) electrons. The first-order chi connectivity index (χ1) is 15.6. The maximum absolute atomic E-state index is 12.8. The minimum atomic E-state index is -3.47. The van der Waals surface area contributed by atoms with Crippen LogP contribution < -0.4 is 0 Å². The van der Waals surface area contributed by atoms with E-state index in [2.05, 4.69) is 20.9 Å². The molecule has 3 rings (SSSR count). The summed E-state index contributed by atoms with van der Waals surface area (Å²) in [6.45, 7) is 1.77. The van der Waals surface area contributed by atoms with E-state index in [1.54, 1.807) is 36.7 Å². The highest BCUT2D eigenvalue weighted by atomic mass is 79.9. The number of hydrogen-bond donors (Lipinski definition) is 2. The smallest absolute Gasteiger partial charge is 0.414 e. The van der Waals surface area contributed by atoms with Crippen molar-refractivity contribution in [2.24, 2.45) is 0 Å². The average molecular weight is 548 g/mol. The molecule has 1 amide bonds. The maximum Gasteiger partial charge on any atom is 0.414 e. The summed E-state index contributed by atoms with van der Waals surface area (Å²) in [5.41, 5.74) is 0.854. The lowest BCUT2D eigenvalue weighted by Crippen LogP contribution is -2.44. The van der Waals surface area contributed by atoms with E-state index >= 15 is 0 Å². The summed E-state index contributed by atoms with van der Waals surface area (Å²) < 4.78 is 37.6. The molecular weight excluding hydrogens is 526 g/mol. The molecule has 2 aromatic rings. The highest BCUT2D eigenvalue weighted by molar-refractivity contribution is 9.10. The standard InChI is InChI=1S/C17H20BrN3O5S.C2H2O4/c18-16-2-1-15(26-16)17(22)20(13-14-3-5-19-6-4-14)9-12-27(23,24)21-7-10-25-11-8-21;3-1(4)2(5)6/h1-6H,7-13H2;(H,3,4)(H,5,6). The summed E-state index contributed by atoms with van der Waals surface area (Å²) in [4.78, 5) is 36.5. The van der Waals surface area contributed by atoms with Gasteiger partial charge in [-0.15, -0.1) is 0 Å². The van der Waals surface area contributed by atoms with E-state index in [0.29, 0.717) is 31.0 Å². The SMILES string of the molecule is O=C(O)C(=O)O.O=C(c1ccc(Br)o1)N(CCS(=O)(=O)N1CCOCC1)Cc1ccncc1. The van der Waals surface area contributed by atoms with Gasteiger partial charge in [0, 0.05) is 38.6 Å². The number of furan rings is 1. The van der Waals surface area contributed by atoms with Gasteiger partial charge in [-0.1, -0.05) is 0 Å². The Balaban J connectivity index is 0.000000569. The maximum atomic E-state index is 12.8. The average Bonchev–Trinajstić information content (AvgIpc) is 3.24. The number of halogens is 1. The molecule has 0 bridgehead atoms. The molecule has 0 saturated carbocycles. The number of sulfonamides is 1. The molecular formula is C19H22BrN3O9S. The van der Waals surface area contributed by atoms with E-state index in [0.717, 1.165) is 5.56 Å². The number of carboxylic acids is 2. The van der Waals surface area contributed by atoms with Crippen molar-refractivity contribution in [2.75, 3.05) is 38.6 Å². The minimum absolute atomic E-state index is 0.0547. The predicted molar refractivity (Wildman–Crippen MR) is 117 cm³/mol.